The first kappa shape index (κ1) is 9.94. The summed E-state index contributed by atoms with van der Waals surface area (Å²) >= 11 is 1.66. The van der Waals surface area contributed by atoms with Crippen molar-refractivity contribution in [1.82, 2.24) is 10.2 Å². The molecule has 0 amide bonds. The van der Waals surface area contributed by atoms with Crippen LogP contribution in [-0.4, -0.2) is 10.2 Å². The van der Waals surface area contributed by atoms with Crippen LogP contribution >= 0.6 is 11.3 Å². The zero-order chi connectivity index (χ0) is 10.7. The molecule has 0 aromatic carbocycles. The molecule has 0 bridgehead atoms. The van der Waals surface area contributed by atoms with Crippen molar-refractivity contribution in [3.8, 4) is 17.3 Å². The Kier molecular flexibility index (Phi) is 2.84. The van der Waals surface area contributed by atoms with E-state index < -0.39 is 0 Å². The summed E-state index contributed by atoms with van der Waals surface area (Å²) in [5.41, 5.74) is 4.35. The number of hydrogen-bond acceptors (Lipinski definition) is 3. The number of thiophene rings is 1. The minimum Gasteiger partial charge on any atom is -0.282 e. The lowest BCUT2D eigenvalue weighted by Gasteiger charge is -1.98. The van der Waals surface area contributed by atoms with Gasteiger partial charge in [-0.3, -0.25) is 5.10 Å². The topological polar surface area (TPSA) is 52.5 Å². The van der Waals surface area contributed by atoms with Crippen molar-refractivity contribution >= 4 is 11.3 Å². The molecule has 0 radical (unpaired) electrons. The number of aromatic amines is 1. The highest BCUT2D eigenvalue weighted by molar-refractivity contribution is 7.08. The highest BCUT2D eigenvalue weighted by Crippen LogP contribution is 2.26. The van der Waals surface area contributed by atoms with E-state index in [1.165, 1.54) is 0 Å². The summed E-state index contributed by atoms with van der Waals surface area (Å²) < 4.78 is 0. The SMILES string of the molecule is Cc1[nH]nc(-c2ccsc2)c1CCC#N. The maximum absolute atomic E-state index is 8.60. The molecule has 2 rings (SSSR count). The van der Waals surface area contributed by atoms with E-state index >= 15 is 0 Å². The van der Waals surface area contributed by atoms with E-state index in [1.807, 2.05) is 12.3 Å². The molecule has 3 nitrogen and oxygen atoms in total. The maximum Gasteiger partial charge on any atom is 0.0964 e. The lowest BCUT2D eigenvalue weighted by atomic mass is 10.0. The Morgan fingerprint density at radius 1 is 1.60 bits per heavy atom. The van der Waals surface area contributed by atoms with Crippen LogP contribution < -0.4 is 0 Å². The molecule has 4 heteroatoms. The zero-order valence-corrected chi connectivity index (χ0v) is 9.27. The molecule has 0 aliphatic carbocycles. The number of nitrogens with zero attached hydrogens (tertiary/aromatic N) is 2. The first-order valence-electron chi connectivity index (χ1n) is 4.76. The van der Waals surface area contributed by atoms with E-state index in [1.54, 1.807) is 11.3 Å². The van der Waals surface area contributed by atoms with E-state index in [2.05, 4.69) is 27.7 Å². The molecule has 2 aromatic heterocycles. The molecule has 1 N–H and O–H groups in total. The Morgan fingerprint density at radius 2 is 2.47 bits per heavy atom. The molecule has 0 spiro atoms. The third kappa shape index (κ3) is 1.92. The minimum absolute atomic E-state index is 0.539. The second kappa shape index (κ2) is 4.28. The minimum atomic E-state index is 0.539. The van der Waals surface area contributed by atoms with Crippen LogP contribution in [0.15, 0.2) is 16.8 Å². The van der Waals surface area contributed by atoms with Gasteiger partial charge in [0.2, 0.25) is 0 Å². The van der Waals surface area contributed by atoms with Crippen LogP contribution in [0.25, 0.3) is 11.3 Å². The fourth-order valence-corrected chi connectivity index (χ4v) is 2.22. The normalized spacial score (nSPS) is 10.1. The maximum atomic E-state index is 8.60. The second-order valence-electron chi connectivity index (χ2n) is 3.35. The molecule has 0 unspecified atom stereocenters. The van der Waals surface area contributed by atoms with Gasteiger partial charge in [0.05, 0.1) is 11.8 Å². The van der Waals surface area contributed by atoms with Gasteiger partial charge in [0.1, 0.15) is 0 Å². The van der Waals surface area contributed by atoms with Crippen LogP contribution in [0.4, 0.5) is 0 Å². The first-order chi connectivity index (χ1) is 7.33. The van der Waals surface area contributed by atoms with Gasteiger partial charge in [-0.05, 0) is 24.8 Å². The number of hydrogen-bond donors (Lipinski definition) is 1. The highest BCUT2D eigenvalue weighted by atomic mass is 32.1. The van der Waals surface area contributed by atoms with Crippen LogP contribution in [-0.2, 0) is 6.42 Å². The van der Waals surface area contributed by atoms with Crippen LogP contribution in [0.5, 0.6) is 0 Å². The van der Waals surface area contributed by atoms with Crippen LogP contribution in [0.3, 0.4) is 0 Å². The lowest BCUT2D eigenvalue weighted by Crippen LogP contribution is -1.87. The Bertz CT molecular complexity index is 476. The Hall–Kier alpha value is -1.60. The van der Waals surface area contributed by atoms with Gasteiger partial charge in [-0.2, -0.15) is 21.7 Å². The summed E-state index contributed by atoms with van der Waals surface area (Å²) in [4.78, 5) is 0. The number of aryl methyl sites for hydroxylation is 1. The average molecular weight is 217 g/mol. The third-order valence-electron chi connectivity index (χ3n) is 2.36. The molecule has 15 heavy (non-hydrogen) atoms. The zero-order valence-electron chi connectivity index (χ0n) is 8.45. The van der Waals surface area contributed by atoms with E-state index in [0.717, 1.165) is 28.9 Å². The molecule has 0 saturated carbocycles. The third-order valence-corrected chi connectivity index (χ3v) is 3.04. The van der Waals surface area contributed by atoms with E-state index in [9.17, 15) is 0 Å². The van der Waals surface area contributed by atoms with Crippen molar-refractivity contribution < 1.29 is 0 Å². The second-order valence-corrected chi connectivity index (χ2v) is 4.13. The van der Waals surface area contributed by atoms with Gasteiger partial charge in [0, 0.05) is 28.6 Å². The van der Waals surface area contributed by atoms with Gasteiger partial charge >= 0.3 is 0 Å². The van der Waals surface area contributed by atoms with Crippen molar-refractivity contribution in [2.75, 3.05) is 0 Å². The van der Waals surface area contributed by atoms with E-state index in [-0.39, 0.29) is 0 Å². The van der Waals surface area contributed by atoms with Gasteiger partial charge in [-0.15, -0.1) is 0 Å². The summed E-state index contributed by atoms with van der Waals surface area (Å²) in [7, 11) is 0. The molecule has 76 valence electrons. The molecule has 0 fully saturated rings. The molecule has 2 heterocycles. The average Bonchev–Trinajstić information content (AvgIpc) is 2.84. The summed E-state index contributed by atoms with van der Waals surface area (Å²) in [6.07, 6.45) is 1.31. The fraction of sp³-hybridized carbons (Fsp3) is 0.273. The van der Waals surface area contributed by atoms with Crippen molar-refractivity contribution in [2.45, 2.75) is 19.8 Å². The molecule has 2 aromatic rings. The largest absolute Gasteiger partial charge is 0.282 e. The molecular weight excluding hydrogens is 206 g/mol. The van der Waals surface area contributed by atoms with Gasteiger partial charge in [0.25, 0.3) is 0 Å². The van der Waals surface area contributed by atoms with Crippen molar-refractivity contribution in [3.63, 3.8) is 0 Å². The van der Waals surface area contributed by atoms with Gasteiger partial charge in [0.15, 0.2) is 0 Å². The quantitative estimate of drug-likeness (QED) is 0.859. The molecule has 0 saturated heterocycles. The van der Waals surface area contributed by atoms with Crippen LogP contribution in [0, 0.1) is 18.3 Å². The van der Waals surface area contributed by atoms with E-state index in [4.69, 9.17) is 5.26 Å². The summed E-state index contributed by atoms with van der Waals surface area (Å²) in [5.74, 6) is 0. The van der Waals surface area contributed by atoms with Crippen LogP contribution in [0.2, 0.25) is 0 Å². The summed E-state index contributed by atoms with van der Waals surface area (Å²) in [6.45, 7) is 2.00. The summed E-state index contributed by atoms with van der Waals surface area (Å²) in [5, 5.41) is 20.0. The fourth-order valence-electron chi connectivity index (χ4n) is 1.58. The number of rotatable bonds is 3. The summed E-state index contributed by atoms with van der Waals surface area (Å²) in [6, 6.07) is 4.22. The van der Waals surface area contributed by atoms with Crippen molar-refractivity contribution in [2.24, 2.45) is 0 Å². The number of aromatic nitrogens is 2. The van der Waals surface area contributed by atoms with E-state index in [0.29, 0.717) is 6.42 Å². The Balaban J connectivity index is 2.36. The molecule has 0 atom stereocenters. The first-order valence-corrected chi connectivity index (χ1v) is 5.70. The Morgan fingerprint density at radius 3 is 3.13 bits per heavy atom. The molecule has 0 aliphatic rings. The van der Waals surface area contributed by atoms with Gasteiger partial charge < -0.3 is 0 Å². The number of nitrogens with one attached hydrogen (secondary N) is 1. The van der Waals surface area contributed by atoms with Gasteiger partial charge in [-0.1, -0.05) is 0 Å². The predicted molar refractivity (Wildman–Crippen MR) is 60.6 cm³/mol. The smallest absolute Gasteiger partial charge is 0.0964 e. The molecule has 0 aliphatic heterocycles. The van der Waals surface area contributed by atoms with Crippen LogP contribution in [0.1, 0.15) is 17.7 Å². The monoisotopic (exact) mass is 217 g/mol. The predicted octanol–water partition coefficient (Wildman–Crippen LogP) is 2.90. The molecular formula is C11H11N3S. The highest BCUT2D eigenvalue weighted by Gasteiger charge is 2.11. The lowest BCUT2D eigenvalue weighted by molar-refractivity contribution is 0.991. The van der Waals surface area contributed by atoms with Gasteiger partial charge in [-0.25, -0.2) is 0 Å². The Labute approximate surface area is 92.4 Å². The van der Waals surface area contributed by atoms with Crippen molar-refractivity contribution in [1.29, 1.82) is 5.26 Å². The number of H-pyrrole nitrogens is 1. The standard InChI is InChI=1S/C11H11N3S/c1-8-10(3-2-5-12)11(14-13-8)9-4-6-15-7-9/h4,6-7H,2-3H2,1H3,(H,13,14). The number of nitriles is 1. The van der Waals surface area contributed by atoms with Crippen molar-refractivity contribution in [3.05, 3.63) is 28.1 Å².